The Morgan fingerprint density at radius 1 is 1.40 bits per heavy atom. The molecule has 2 aromatic heterocycles. The number of aromatic amines is 1. The van der Waals surface area contributed by atoms with Crippen molar-refractivity contribution in [3.63, 3.8) is 0 Å². The highest BCUT2D eigenvalue weighted by Crippen LogP contribution is 2.39. The Morgan fingerprint density at radius 2 is 2.20 bits per heavy atom. The summed E-state index contributed by atoms with van der Waals surface area (Å²) < 4.78 is 5.12. The fourth-order valence-electron chi connectivity index (χ4n) is 3.31. The van der Waals surface area contributed by atoms with E-state index in [1.54, 1.807) is 13.1 Å². The van der Waals surface area contributed by atoms with E-state index >= 15 is 0 Å². The summed E-state index contributed by atoms with van der Waals surface area (Å²) in [4.78, 5) is 21.8. The molecule has 0 aromatic carbocycles. The van der Waals surface area contributed by atoms with Gasteiger partial charge in [0, 0.05) is 17.6 Å². The lowest BCUT2D eigenvalue weighted by molar-refractivity contribution is -0.143. The number of hydrogen-bond acceptors (Lipinski definition) is 4. The number of ether oxygens (including phenoxy) is 1. The van der Waals surface area contributed by atoms with Gasteiger partial charge in [0.1, 0.15) is 6.54 Å². The Morgan fingerprint density at radius 3 is 2.80 bits per heavy atom. The third-order valence-electron chi connectivity index (χ3n) is 4.31. The van der Waals surface area contributed by atoms with E-state index in [1.807, 2.05) is 36.9 Å². The van der Waals surface area contributed by atoms with Crippen LogP contribution in [0.5, 0.6) is 0 Å². The molecule has 6 nitrogen and oxygen atoms in total. The molecule has 7 heteroatoms. The summed E-state index contributed by atoms with van der Waals surface area (Å²) in [5.41, 5.74) is 4.12. The first kappa shape index (κ1) is 17.4. The number of carbonyl (C=O) groups is 1. The van der Waals surface area contributed by atoms with Gasteiger partial charge in [0.15, 0.2) is 5.11 Å². The lowest BCUT2D eigenvalue weighted by Gasteiger charge is -2.27. The van der Waals surface area contributed by atoms with Crippen LogP contribution in [0.25, 0.3) is 0 Å². The minimum atomic E-state index is -0.289. The van der Waals surface area contributed by atoms with Crippen LogP contribution < -0.4 is 5.32 Å². The summed E-state index contributed by atoms with van der Waals surface area (Å²) >= 11 is 5.52. The maximum Gasteiger partial charge on any atom is 0.325 e. The van der Waals surface area contributed by atoms with Crippen molar-refractivity contribution >= 4 is 23.3 Å². The number of nitrogens with one attached hydrogen (secondary N) is 2. The second-order valence-corrected chi connectivity index (χ2v) is 6.48. The summed E-state index contributed by atoms with van der Waals surface area (Å²) in [5.74, 6) is -0.289. The highest BCUT2D eigenvalue weighted by Gasteiger charge is 2.41. The number of aryl methyl sites for hydroxylation is 2. The van der Waals surface area contributed by atoms with Gasteiger partial charge in [0.25, 0.3) is 0 Å². The normalized spacial score (nSPS) is 19.8. The molecular weight excluding hydrogens is 336 g/mol. The first-order valence-corrected chi connectivity index (χ1v) is 8.72. The highest BCUT2D eigenvalue weighted by molar-refractivity contribution is 7.80. The summed E-state index contributed by atoms with van der Waals surface area (Å²) in [5, 5.41) is 3.86. The number of esters is 1. The Hall–Kier alpha value is -2.41. The summed E-state index contributed by atoms with van der Waals surface area (Å²) in [6.45, 7) is 6.30. The minimum Gasteiger partial charge on any atom is -0.465 e. The van der Waals surface area contributed by atoms with Crippen LogP contribution in [0, 0.1) is 13.8 Å². The Labute approximate surface area is 152 Å². The number of carbonyl (C=O) groups excluding carboxylic acids is 1. The molecule has 1 saturated heterocycles. The number of thiocarbonyl (C=S) groups is 1. The van der Waals surface area contributed by atoms with Crippen molar-refractivity contribution in [1.29, 1.82) is 0 Å². The maximum atomic E-state index is 12.1. The molecule has 25 heavy (non-hydrogen) atoms. The summed E-state index contributed by atoms with van der Waals surface area (Å²) in [7, 11) is 0. The second-order valence-electron chi connectivity index (χ2n) is 6.09. The van der Waals surface area contributed by atoms with Gasteiger partial charge in [-0.15, -0.1) is 0 Å². The molecule has 2 N–H and O–H groups in total. The minimum absolute atomic E-state index is 0.108. The molecule has 1 aliphatic rings. The lowest BCUT2D eigenvalue weighted by Crippen LogP contribution is -2.35. The van der Waals surface area contributed by atoms with E-state index in [0.29, 0.717) is 11.7 Å². The van der Waals surface area contributed by atoms with Gasteiger partial charge in [-0.1, -0.05) is 6.07 Å². The summed E-state index contributed by atoms with van der Waals surface area (Å²) in [6, 6.07) is 7.65. The predicted octanol–water partition coefficient (Wildman–Crippen LogP) is 2.56. The zero-order chi connectivity index (χ0) is 18.0. The Balaban J connectivity index is 2.00. The van der Waals surface area contributed by atoms with Crippen LogP contribution in [0.1, 0.15) is 41.7 Å². The van der Waals surface area contributed by atoms with Gasteiger partial charge < -0.3 is 19.9 Å². The van der Waals surface area contributed by atoms with Crippen molar-refractivity contribution in [3.05, 3.63) is 53.1 Å². The first-order valence-electron chi connectivity index (χ1n) is 8.31. The number of rotatable bonds is 5. The number of H-pyrrole nitrogens is 1. The van der Waals surface area contributed by atoms with E-state index in [-0.39, 0.29) is 24.6 Å². The van der Waals surface area contributed by atoms with Crippen LogP contribution in [-0.2, 0) is 9.53 Å². The van der Waals surface area contributed by atoms with Crippen LogP contribution in [-0.4, -0.2) is 39.1 Å². The molecular formula is C18H22N4O2S. The average Bonchev–Trinajstić information content (AvgIpc) is 3.08. The maximum absolute atomic E-state index is 12.1. The van der Waals surface area contributed by atoms with E-state index in [1.165, 1.54) is 0 Å². The molecule has 3 rings (SSSR count). The first-order chi connectivity index (χ1) is 12.0. The fourth-order valence-corrected chi connectivity index (χ4v) is 3.62. The van der Waals surface area contributed by atoms with Crippen LogP contribution in [0.2, 0.25) is 0 Å². The van der Waals surface area contributed by atoms with Crippen molar-refractivity contribution in [3.8, 4) is 0 Å². The van der Waals surface area contributed by atoms with Crippen LogP contribution in [0.3, 0.4) is 0 Å². The molecule has 0 unspecified atom stereocenters. The molecule has 0 radical (unpaired) electrons. The van der Waals surface area contributed by atoms with Gasteiger partial charge in [0.2, 0.25) is 0 Å². The van der Waals surface area contributed by atoms with E-state index in [0.717, 1.165) is 22.6 Å². The standard InChI is InChI=1S/C18H22N4O2S/c1-4-24-15(23)10-22-17(13-9-11(2)20-12(13)3)16(21-18(22)25)14-7-5-6-8-19-14/h5-9,16-17,20H,4,10H2,1-3H3,(H,21,25)/t16-,17+/m1/s1. The zero-order valence-electron chi connectivity index (χ0n) is 14.6. The van der Waals surface area contributed by atoms with Gasteiger partial charge >= 0.3 is 5.97 Å². The number of nitrogens with zero attached hydrogens (tertiary/aromatic N) is 2. The molecule has 1 aliphatic heterocycles. The van der Waals surface area contributed by atoms with Crippen molar-refractivity contribution in [2.24, 2.45) is 0 Å². The third kappa shape index (κ3) is 3.51. The van der Waals surface area contributed by atoms with Crippen LogP contribution in [0.15, 0.2) is 30.5 Å². The molecule has 0 saturated carbocycles. The number of hydrogen-bond donors (Lipinski definition) is 2. The topological polar surface area (TPSA) is 70.2 Å². The summed E-state index contributed by atoms with van der Waals surface area (Å²) in [6.07, 6.45) is 1.76. The largest absolute Gasteiger partial charge is 0.465 e. The smallest absolute Gasteiger partial charge is 0.325 e. The SMILES string of the molecule is CCOC(=O)CN1C(=S)N[C@H](c2ccccn2)[C@@H]1c1cc(C)[nH]c1C. The molecule has 0 amide bonds. The molecule has 2 aromatic rings. The monoisotopic (exact) mass is 358 g/mol. The zero-order valence-corrected chi connectivity index (χ0v) is 15.4. The quantitative estimate of drug-likeness (QED) is 0.632. The predicted molar refractivity (Wildman–Crippen MR) is 99.1 cm³/mol. The van der Waals surface area contributed by atoms with Gasteiger partial charge in [-0.3, -0.25) is 9.78 Å². The molecule has 132 valence electrons. The van der Waals surface area contributed by atoms with E-state index in [4.69, 9.17) is 17.0 Å². The van der Waals surface area contributed by atoms with Crippen LogP contribution >= 0.6 is 12.2 Å². The Bertz CT molecular complexity index is 775. The molecule has 0 bridgehead atoms. The van der Waals surface area contributed by atoms with Gasteiger partial charge in [-0.2, -0.15) is 0 Å². The van der Waals surface area contributed by atoms with Gasteiger partial charge in [-0.05, 0) is 56.8 Å². The molecule has 3 heterocycles. The average molecular weight is 358 g/mol. The van der Waals surface area contributed by atoms with Crippen molar-refractivity contribution < 1.29 is 9.53 Å². The number of aromatic nitrogens is 2. The van der Waals surface area contributed by atoms with Crippen molar-refractivity contribution in [1.82, 2.24) is 20.2 Å². The van der Waals surface area contributed by atoms with E-state index in [2.05, 4.69) is 21.4 Å². The number of pyridine rings is 1. The molecule has 0 spiro atoms. The van der Waals surface area contributed by atoms with Crippen molar-refractivity contribution in [2.75, 3.05) is 13.2 Å². The van der Waals surface area contributed by atoms with E-state index in [9.17, 15) is 4.79 Å². The highest BCUT2D eigenvalue weighted by atomic mass is 32.1. The molecule has 0 aliphatic carbocycles. The second kappa shape index (κ2) is 7.23. The third-order valence-corrected chi connectivity index (χ3v) is 4.66. The van der Waals surface area contributed by atoms with Gasteiger partial charge in [0.05, 0.1) is 24.4 Å². The van der Waals surface area contributed by atoms with Crippen LogP contribution in [0.4, 0.5) is 0 Å². The van der Waals surface area contributed by atoms with E-state index < -0.39 is 0 Å². The fraction of sp³-hybridized carbons (Fsp3) is 0.389. The lowest BCUT2D eigenvalue weighted by atomic mass is 9.97. The molecule has 1 fully saturated rings. The van der Waals surface area contributed by atoms with Crippen molar-refractivity contribution in [2.45, 2.75) is 32.9 Å². The Kier molecular flexibility index (Phi) is 5.03. The molecule has 2 atom stereocenters. The van der Waals surface area contributed by atoms with Gasteiger partial charge in [-0.25, -0.2) is 0 Å².